The minimum atomic E-state index is 0. The van der Waals surface area contributed by atoms with Crippen molar-refractivity contribution < 1.29 is 4.79 Å². The molecule has 2 fully saturated rings. The lowest BCUT2D eigenvalue weighted by Gasteiger charge is -2.21. The van der Waals surface area contributed by atoms with E-state index in [1.165, 1.54) is 29.5 Å². The molecule has 2 N–H and O–H groups in total. The number of guanidine groups is 1. The minimum Gasteiger partial charge on any atom is -0.357 e. The topological polar surface area (TPSA) is 56.7 Å². The summed E-state index contributed by atoms with van der Waals surface area (Å²) < 4.78 is 0. The van der Waals surface area contributed by atoms with Gasteiger partial charge in [-0.2, -0.15) is 0 Å². The average Bonchev–Trinajstić information content (AvgIpc) is 3.35. The first-order chi connectivity index (χ1) is 13.6. The van der Waals surface area contributed by atoms with E-state index < -0.39 is 0 Å². The summed E-state index contributed by atoms with van der Waals surface area (Å²) in [5, 5.41) is 6.90. The van der Waals surface area contributed by atoms with E-state index >= 15 is 0 Å². The largest absolute Gasteiger partial charge is 0.357 e. The lowest BCUT2D eigenvalue weighted by molar-refractivity contribution is -0.134. The van der Waals surface area contributed by atoms with Gasteiger partial charge in [0.1, 0.15) is 0 Å². The molecule has 1 aliphatic heterocycles. The van der Waals surface area contributed by atoms with Gasteiger partial charge in [-0.3, -0.25) is 9.79 Å². The molecule has 0 bridgehead atoms. The van der Waals surface area contributed by atoms with Gasteiger partial charge in [0, 0.05) is 38.1 Å². The normalized spacial score (nSPS) is 19.9. The van der Waals surface area contributed by atoms with Crippen molar-refractivity contribution in [3.8, 4) is 0 Å². The number of carbonyl (C=O) groups excluding carboxylic acids is 1. The van der Waals surface area contributed by atoms with E-state index in [-0.39, 0.29) is 29.9 Å². The van der Waals surface area contributed by atoms with Gasteiger partial charge in [0.2, 0.25) is 5.91 Å². The Morgan fingerprint density at radius 3 is 2.66 bits per heavy atom. The highest BCUT2D eigenvalue weighted by atomic mass is 127. The Labute approximate surface area is 193 Å². The molecule has 1 unspecified atom stereocenters. The summed E-state index contributed by atoms with van der Waals surface area (Å²) in [6, 6.07) is 6.91. The molecule has 6 heteroatoms. The maximum atomic E-state index is 12.6. The smallest absolute Gasteiger partial charge is 0.225 e. The lowest BCUT2D eigenvalue weighted by Crippen LogP contribution is -2.45. The second-order valence-corrected chi connectivity index (χ2v) is 8.34. The lowest BCUT2D eigenvalue weighted by atomic mass is 10.0. The molecule has 0 spiro atoms. The fraction of sp³-hybridized carbons (Fsp3) is 0.652. The number of nitrogens with one attached hydrogen (secondary N) is 2. The summed E-state index contributed by atoms with van der Waals surface area (Å²) in [6.07, 6.45) is 6.53. The van der Waals surface area contributed by atoms with E-state index in [1.807, 2.05) is 0 Å². The molecule has 3 rings (SSSR count). The van der Waals surface area contributed by atoms with Crippen molar-refractivity contribution in [1.29, 1.82) is 0 Å². The van der Waals surface area contributed by atoms with Gasteiger partial charge in [0.25, 0.3) is 0 Å². The van der Waals surface area contributed by atoms with Crippen LogP contribution in [-0.2, 0) is 11.2 Å². The number of benzene rings is 1. The first kappa shape index (κ1) is 24.0. The molecule has 1 aromatic rings. The van der Waals surface area contributed by atoms with Gasteiger partial charge in [-0.25, -0.2) is 0 Å². The predicted molar refractivity (Wildman–Crippen MR) is 131 cm³/mol. The van der Waals surface area contributed by atoms with E-state index in [4.69, 9.17) is 4.99 Å². The van der Waals surface area contributed by atoms with Crippen LogP contribution in [0.3, 0.4) is 0 Å². The van der Waals surface area contributed by atoms with Gasteiger partial charge in [-0.05, 0) is 57.6 Å². The van der Waals surface area contributed by atoms with Crippen molar-refractivity contribution in [2.24, 2.45) is 10.9 Å². The molecule has 162 valence electrons. The second kappa shape index (κ2) is 11.8. The SMILES string of the molecule is CCNC(=NCCc1ccc(C)cc1C)NC1CCN(C(=O)C2CCCC2)C1.I. The third-order valence-corrected chi connectivity index (χ3v) is 6.04. The zero-order chi connectivity index (χ0) is 19.9. The van der Waals surface area contributed by atoms with Crippen molar-refractivity contribution in [3.63, 3.8) is 0 Å². The van der Waals surface area contributed by atoms with Gasteiger partial charge >= 0.3 is 0 Å². The van der Waals surface area contributed by atoms with Gasteiger partial charge in [-0.15, -0.1) is 24.0 Å². The Hall–Kier alpha value is -1.31. The Morgan fingerprint density at radius 2 is 1.97 bits per heavy atom. The summed E-state index contributed by atoms with van der Waals surface area (Å²) in [5.41, 5.74) is 4.00. The fourth-order valence-corrected chi connectivity index (χ4v) is 4.44. The molecule has 1 aliphatic carbocycles. The molecular formula is C23H37IN4O. The highest BCUT2D eigenvalue weighted by molar-refractivity contribution is 14.0. The quantitative estimate of drug-likeness (QED) is 0.346. The minimum absolute atomic E-state index is 0. The highest BCUT2D eigenvalue weighted by Crippen LogP contribution is 2.27. The Balaban J connectivity index is 0.00000300. The van der Waals surface area contributed by atoms with Crippen LogP contribution in [0.15, 0.2) is 23.2 Å². The number of aliphatic imine (C=N–C) groups is 1. The molecule has 1 heterocycles. The van der Waals surface area contributed by atoms with Crippen molar-refractivity contribution in [3.05, 3.63) is 34.9 Å². The first-order valence-corrected chi connectivity index (χ1v) is 11.0. The van der Waals surface area contributed by atoms with Crippen LogP contribution in [0.5, 0.6) is 0 Å². The zero-order valence-corrected chi connectivity index (χ0v) is 20.5. The zero-order valence-electron chi connectivity index (χ0n) is 18.2. The number of hydrogen-bond acceptors (Lipinski definition) is 2. The number of halogens is 1. The Kier molecular flexibility index (Phi) is 9.72. The second-order valence-electron chi connectivity index (χ2n) is 8.34. The maximum Gasteiger partial charge on any atom is 0.225 e. The van der Waals surface area contributed by atoms with Crippen LogP contribution in [0.2, 0.25) is 0 Å². The van der Waals surface area contributed by atoms with Gasteiger partial charge in [0.05, 0.1) is 0 Å². The number of nitrogens with zero attached hydrogens (tertiary/aromatic N) is 2. The van der Waals surface area contributed by atoms with Crippen LogP contribution >= 0.6 is 24.0 Å². The molecule has 0 radical (unpaired) electrons. The van der Waals surface area contributed by atoms with Crippen molar-refractivity contribution in [2.45, 2.75) is 65.3 Å². The van der Waals surface area contributed by atoms with Gasteiger partial charge in [0.15, 0.2) is 5.96 Å². The molecule has 0 aromatic heterocycles. The maximum absolute atomic E-state index is 12.6. The Morgan fingerprint density at radius 1 is 1.21 bits per heavy atom. The van der Waals surface area contributed by atoms with Crippen molar-refractivity contribution >= 4 is 35.8 Å². The van der Waals surface area contributed by atoms with Crippen LogP contribution in [0.1, 0.15) is 55.7 Å². The van der Waals surface area contributed by atoms with Crippen LogP contribution in [0, 0.1) is 19.8 Å². The molecule has 1 saturated carbocycles. The van der Waals surface area contributed by atoms with Crippen LogP contribution < -0.4 is 10.6 Å². The predicted octanol–water partition coefficient (Wildman–Crippen LogP) is 3.81. The monoisotopic (exact) mass is 512 g/mol. The molecule has 1 amide bonds. The summed E-state index contributed by atoms with van der Waals surface area (Å²) in [7, 11) is 0. The third-order valence-electron chi connectivity index (χ3n) is 6.04. The van der Waals surface area contributed by atoms with E-state index in [0.29, 0.717) is 11.9 Å². The molecule has 29 heavy (non-hydrogen) atoms. The van der Waals surface area contributed by atoms with Crippen molar-refractivity contribution in [1.82, 2.24) is 15.5 Å². The summed E-state index contributed by atoms with van der Waals surface area (Å²) in [4.78, 5) is 19.5. The number of likely N-dealkylation sites (tertiary alicyclic amines) is 1. The van der Waals surface area contributed by atoms with Crippen LogP contribution in [-0.4, -0.2) is 49.0 Å². The standard InChI is InChI=1S/C23H36N4O.HI/c1-4-24-23(25-13-11-19-10-9-17(2)15-18(19)3)26-21-12-14-27(16-21)22(28)20-7-5-6-8-20;/h9-10,15,20-21H,4-8,11-14,16H2,1-3H3,(H2,24,25,26);1H. The Bertz CT molecular complexity index is 700. The number of aryl methyl sites for hydroxylation is 2. The molecular weight excluding hydrogens is 475 g/mol. The van der Waals surface area contributed by atoms with E-state index in [1.54, 1.807) is 0 Å². The molecule has 2 aliphatic rings. The highest BCUT2D eigenvalue weighted by Gasteiger charge is 2.32. The summed E-state index contributed by atoms with van der Waals surface area (Å²) in [6.45, 7) is 9.66. The van der Waals surface area contributed by atoms with Gasteiger partial charge < -0.3 is 15.5 Å². The van der Waals surface area contributed by atoms with Gasteiger partial charge in [-0.1, -0.05) is 36.6 Å². The van der Waals surface area contributed by atoms with Crippen molar-refractivity contribution in [2.75, 3.05) is 26.2 Å². The van der Waals surface area contributed by atoms with E-state index in [0.717, 1.165) is 57.8 Å². The van der Waals surface area contributed by atoms with Crippen LogP contribution in [0.4, 0.5) is 0 Å². The molecule has 1 atom stereocenters. The number of hydrogen-bond donors (Lipinski definition) is 2. The van der Waals surface area contributed by atoms with E-state index in [2.05, 4.69) is 54.5 Å². The van der Waals surface area contributed by atoms with Crippen LogP contribution in [0.25, 0.3) is 0 Å². The van der Waals surface area contributed by atoms with E-state index in [9.17, 15) is 4.79 Å². The number of amides is 1. The average molecular weight is 512 g/mol. The summed E-state index contributed by atoms with van der Waals surface area (Å²) >= 11 is 0. The number of carbonyl (C=O) groups is 1. The molecule has 1 saturated heterocycles. The molecule has 1 aromatic carbocycles. The third kappa shape index (κ3) is 6.86. The number of rotatable bonds is 6. The summed E-state index contributed by atoms with van der Waals surface area (Å²) in [5.74, 6) is 1.52. The fourth-order valence-electron chi connectivity index (χ4n) is 4.44. The molecule has 5 nitrogen and oxygen atoms in total. The first-order valence-electron chi connectivity index (χ1n) is 11.0.